The SMILES string of the molecule is Clc1ccc2cc(-c3ccsc3)cnc2c1. The van der Waals surface area contributed by atoms with Crippen LogP contribution < -0.4 is 0 Å². The second-order valence-electron chi connectivity index (χ2n) is 3.57. The van der Waals surface area contributed by atoms with Crippen molar-refractivity contribution in [3.05, 3.63) is 52.3 Å². The molecule has 0 amide bonds. The van der Waals surface area contributed by atoms with Crippen LogP contribution in [0.15, 0.2) is 47.3 Å². The van der Waals surface area contributed by atoms with Crippen molar-refractivity contribution in [3.8, 4) is 11.1 Å². The average Bonchev–Trinajstić information content (AvgIpc) is 2.82. The Morgan fingerprint density at radius 3 is 2.81 bits per heavy atom. The van der Waals surface area contributed by atoms with Gasteiger partial charge >= 0.3 is 0 Å². The number of thiophene rings is 1. The van der Waals surface area contributed by atoms with Gasteiger partial charge in [0.05, 0.1) is 5.52 Å². The van der Waals surface area contributed by atoms with Crippen molar-refractivity contribution in [1.29, 1.82) is 0 Å². The van der Waals surface area contributed by atoms with Gasteiger partial charge in [-0.15, -0.1) is 0 Å². The van der Waals surface area contributed by atoms with Crippen LogP contribution in [-0.2, 0) is 0 Å². The number of nitrogens with zero attached hydrogens (tertiary/aromatic N) is 1. The number of rotatable bonds is 1. The lowest BCUT2D eigenvalue weighted by Crippen LogP contribution is -1.81. The number of aromatic nitrogens is 1. The van der Waals surface area contributed by atoms with Crippen LogP contribution in [0.1, 0.15) is 0 Å². The standard InChI is InChI=1S/C13H8ClNS/c14-12-2-1-9-5-11(7-15-13(9)6-12)10-3-4-16-8-10/h1-8H. The highest BCUT2D eigenvalue weighted by molar-refractivity contribution is 7.08. The molecule has 0 aliphatic carbocycles. The summed E-state index contributed by atoms with van der Waals surface area (Å²) in [6, 6.07) is 10.0. The molecule has 0 aliphatic heterocycles. The summed E-state index contributed by atoms with van der Waals surface area (Å²) in [6.45, 7) is 0. The van der Waals surface area contributed by atoms with Gasteiger partial charge in [0, 0.05) is 22.2 Å². The van der Waals surface area contributed by atoms with Gasteiger partial charge in [-0.25, -0.2) is 0 Å². The first-order chi connectivity index (χ1) is 7.83. The fourth-order valence-electron chi connectivity index (χ4n) is 1.68. The van der Waals surface area contributed by atoms with Gasteiger partial charge in [0.1, 0.15) is 0 Å². The summed E-state index contributed by atoms with van der Waals surface area (Å²) in [5.41, 5.74) is 3.30. The Hall–Kier alpha value is -1.38. The molecule has 2 heterocycles. The summed E-state index contributed by atoms with van der Waals surface area (Å²) in [7, 11) is 0. The van der Waals surface area contributed by atoms with Crippen LogP contribution in [0.4, 0.5) is 0 Å². The molecule has 2 aromatic heterocycles. The van der Waals surface area contributed by atoms with Crippen LogP contribution >= 0.6 is 22.9 Å². The second-order valence-corrected chi connectivity index (χ2v) is 4.79. The first-order valence-electron chi connectivity index (χ1n) is 4.91. The summed E-state index contributed by atoms with van der Waals surface area (Å²) in [6.07, 6.45) is 1.89. The van der Waals surface area contributed by atoms with Crippen molar-refractivity contribution in [2.24, 2.45) is 0 Å². The van der Waals surface area contributed by atoms with Gasteiger partial charge < -0.3 is 0 Å². The molecule has 0 aliphatic rings. The molecule has 0 unspecified atom stereocenters. The number of halogens is 1. The van der Waals surface area contributed by atoms with Crippen molar-refractivity contribution in [2.45, 2.75) is 0 Å². The Bertz CT molecular complexity index is 631. The maximum atomic E-state index is 5.92. The molecule has 0 spiro atoms. The highest BCUT2D eigenvalue weighted by Crippen LogP contribution is 2.25. The van der Waals surface area contributed by atoms with Crippen molar-refractivity contribution >= 4 is 33.8 Å². The molecule has 1 aromatic carbocycles. The Labute approximate surface area is 102 Å². The summed E-state index contributed by atoms with van der Waals surface area (Å²) in [5, 5.41) is 6.04. The van der Waals surface area contributed by atoms with E-state index in [4.69, 9.17) is 11.6 Å². The monoisotopic (exact) mass is 245 g/mol. The van der Waals surface area contributed by atoms with E-state index >= 15 is 0 Å². The number of pyridine rings is 1. The fourth-order valence-corrected chi connectivity index (χ4v) is 2.51. The molecule has 16 heavy (non-hydrogen) atoms. The number of benzene rings is 1. The van der Waals surface area contributed by atoms with E-state index in [1.165, 1.54) is 5.56 Å². The zero-order valence-corrected chi connectivity index (χ0v) is 9.92. The van der Waals surface area contributed by atoms with E-state index in [0.717, 1.165) is 21.5 Å². The third-order valence-electron chi connectivity index (χ3n) is 2.50. The predicted molar refractivity (Wildman–Crippen MR) is 70.1 cm³/mol. The van der Waals surface area contributed by atoms with Crippen LogP contribution in [-0.4, -0.2) is 4.98 Å². The van der Waals surface area contributed by atoms with E-state index in [1.54, 1.807) is 11.3 Å². The molecule has 3 rings (SSSR count). The topological polar surface area (TPSA) is 12.9 Å². The normalized spacial score (nSPS) is 10.8. The maximum absolute atomic E-state index is 5.92. The van der Waals surface area contributed by atoms with Gasteiger partial charge in [-0.2, -0.15) is 11.3 Å². The molecule has 78 valence electrons. The molecule has 0 bridgehead atoms. The van der Waals surface area contributed by atoms with Gasteiger partial charge in [0.15, 0.2) is 0 Å². The lowest BCUT2D eigenvalue weighted by atomic mass is 10.1. The lowest BCUT2D eigenvalue weighted by molar-refractivity contribution is 1.41. The first kappa shape index (κ1) is 9.82. The molecular formula is C13H8ClNS. The number of fused-ring (bicyclic) bond motifs is 1. The van der Waals surface area contributed by atoms with E-state index in [9.17, 15) is 0 Å². The minimum Gasteiger partial charge on any atom is -0.256 e. The van der Waals surface area contributed by atoms with E-state index in [0.29, 0.717) is 0 Å². The van der Waals surface area contributed by atoms with Crippen molar-refractivity contribution in [2.75, 3.05) is 0 Å². The summed E-state index contributed by atoms with van der Waals surface area (Å²) in [4.78, 5) is 4.42. The molecule has 0 saturated heterocycles. The van der Waals surface area contributed by atoms with E-state index in [-0.39, 0.29) is 0 Å². The molecular weight excluding hydrogens is 238 g/mol. The van der Waals surface area contributed by atoms with Gasteiger partial charge in [-0.3, -0.25) is 4.98 Å². The molecule has 0 atom stereocenters. The first-order valence-corrected chi connectivity index (χ1v) is 6.23. The molecule has 0 radical (unpaired) electrons. The largest absolute Gasteiger partial charge is 0.256 e. The molecule has 0 N–H and O–H groups in total. The minimum atomic E-state index is 0.725. The minimum absolute atomic E-state index is 0.725. The second kappa shape index (κ2) is 3.89. The smallest absolute Gasteiger partial charge is 0.0717 e. The van der Waals surface area contributed by atoms with E-state index in [2.05, 4.69) is 27.9 Å². The van der Waals surface area contributed by atoms with Gasteiger partial charge in [-0.05, 0) is 40.6 Å². The van der Waals surface area contributed by atoms with Crippen LogP contribution in [0.5, 0.6) is 0 Å². The van der Waals surface area contributed by atoms with Gasteiger partial charge in [0.2, 0.25) is 0 Å². The summed E-state index contributed by atoms with van der Waals surface area (Å²) >= 11 is 7.61. The zero-order valence-electron chi connectivity index (χ0n) is 8.35. The quantitative estimate of drug-likeness (QED) is 0.610. The van der Waals surface area contributed by atoms with Crippen LogP contribution in [0.25, 0.3) is 22.0 Å². The zero-order chi connectivity index (χ0) is 11.0. The Morgan fingerprint density at radius 2 is 2.00 bits per heavy atom. The molecule has 0 fully saturated rings. The van der Waals surface area contributed by atoms with E-state index < -0.39 is 0 Å². The highest BCUT2D eigenvalue weighted by Gasteiger charge is 2.01. The average molecular weight is 246 g/mol. The molecule has 1 nitrogen and oxygen atoms in total. The van der Waals surface area contributed by atoms with E-state index in [1.807, 2.05) is 24.4 Å². The highest BCUT2D eigenvalue weighted by atomic mass is 35.5. The fraction of sp³-hybridized carbons (Fsp3) is 0. The van der Waals surface area contributed by atoms with Gasteiger partial charge in [0.25, 0.3) is 0 Å². The predicted octanol–water partition coefficient (Wildman–Crippen LogP) is 4.62. The Morgan fingerprint density at radius 1 is 1.06 bits per heavy atom. The molecule has 3 heteroatoms. The molecule has 0 saturated carbocycles. The van der Waals surface area contributed by atoms with Crippen LogP contribution in [0.3, 0.4) is 0 Å². The summed E-state index contributed by atoms with van der Waals surface area (Å²) < 4.78 is 0. The number of hydrogen-bond donors (Lipinski definition) is 0. The third kappa shape index (κ3) is 1.70. The van der Waals surface area contributed by atoms with Crippen molar-refractivity contribution < 1.29 is 0 Å². The lowest BCUT2D eigenvalue weighted by Gasteiger charge is -2.01. The Kier molecular flexibility index (Phi) is 2.39. The summed E-state index contributed by atoms with van der Waals surface area (Å²) in [5.74, 6) is 0. The maximum Gasteiger partial charge on any atom is 0.0717 e. The Balaban J connectivity index is 2.20. The number of hydrogen-bond acceptors (Lipinski definition) is 2. The van der Waals surface area contributed by atoms with Crippen molar-refractivity contribution in [3.63, 3.8) is 0 Å². The van der Waals surface area contributed by atoms with Crippen LogP contribution in [0, 0.1) is 0 Å². The van der Waals surface area contributed by atoms with Gasteiger partial charge in [-0.1, -0.05) is 17.7 Å². The van der Waals surface area contributed by atoms with Crippen molar-refractivity contribution in [1.82, 2.24) is 4.98 Å². The molecule has 3 aromatic rings. The van der Waals surface area contributed by atoms with Crippen LogP contribution in [0.2, 0.25) is 5.02 Å². The third-order valence-corrected chi connectivity index (χ3v) is 3.42.